The Balaban J connectivity index is 2.34. The standard InChI is InChI=1S/C12H11F3N2/c13-12(14,15)10-9(11(16)5-6-11)7-3-1-2-4-8(7)17-10/h1-4,17H,5-6,16H2. The second-order valence-corrected chi connectivity index (χ2v) is 4.57. The van der Waals surface area contributed by atoms with Crippen molar-refractivity contribution in [1.82, 2.24) is 4.98 Å². The van der Waals surface area contributed by atoms with Crippen LogP contribution in [0.25, 0.3) is 10.9 Å². The number of H-pyrrole nitrogens is 1. The molecule has 1 aromatic carbocycles. The Morgan fingerprint density at radius 3 is 2.41 bits per heavy atom. The molecule has 2 nitrogen and oxygen atoms in total. The summed E-state index contributed by atoms with van der Waals surface area (Å²) in [6, 6.07) is 6.76. The molecule has 0 unspecified atom stereocenters. The van der Waals surface area contributed by atoms with E-state index in [4.69, 9.17) is 5.73 Å². The van der Waals surface area contributed by atoms with Crippen LogP contribution >= 0.6 is 0 Å². The minimum atomic E-state index is -4.39. The second kappa shape index (κ2) is 3.04. The minimum Gasteiger partial charge on any atom is -0.351 e. The van der Waals surface area contributed by atoms with Crippen molar-refractivity contribution < 1.29 is 13.2 Å². The number of rotatable bonds is 1. The molecule has 0 amide bonds. The van der Waals surface area contributed by atoms with Crippen molar-refractivity contribution in [2.24, 2.45) is 5.73 Å². The quantitative estimate of drug-likeness (QED) is 0.790. The van der Waals surface area contributed by atoms with E-state index in [1.54, 1.807) is 24.3 Å². The summed E-state index contributed by atoms with van der Waals surface area (Å²) in [5.41, 5.74) is 5.17. The van der Waals surface area contributed by atoms with Gasteiger partial charge in [0.05, 0.1) is 0 Å². The first kappa shape index (κ1) is 10.7. The van der Waals surface area contributed by atoms with Gasteiger partial charge < -0.3 is 10.7 Å². The lowest BCUT2D eigenvalue weighted by Crippen LogP contribution is -2.23. The molecule has 1 aromatic heterocycles. The molecule has 0 saturated heterocycles. The molecule has 1 aliphatic carbocycles. The van der Waals surface area contributed by atoms with Gasteiger partial charge in [0.15, 0.2) is 0 Å². The van der Waals surface area contributed by atoms with Crippen molar-refractivity contribution >= 4 is 10.9 Å². The van der Waals surface area contributed by atoms with E-state index in [2.05, 4.69) is 4.98 Å². The van der Waals surface area contributed by atoms with E-state index in [0.29, 0.717) is 23.7 Å². The van der Waals surface area contributed by atoms with Crippen LogP contribution in [0.5, 0.6) is 0 Å². The first-order chi connectivity index (χ1) is 7.92. The number of nitrogens with two attached hydrogens (primary N) is 1. The van der Waals surface area contributed by atoms with E-state index in [0.717, 1.165) is 0 Å². The Hall–Kier alpha value is -1.49. The van der Waals surface area contributed by atoms with E-state index in [1.165, 1.54) is 0 Å². The van der Waals surface area contributed by atoms with Gasteiger partial charge >= 0.3 is 6.18 Å². The Morgan fingerprint density at radius 1 is 1.18 bits per heavy atom. The average Bonchev–Trinajstić information content (AvgIpc) is 2.86. The van der Waals surface area contributed by atoms with Crippen molar-refractivity contribution in [2.45, 2.75) is 24.6 Å². The van der Waals surface area contributed by atoms with Crippen molar-refractivity contribution in [3.63, 3.8) is 0 Å². The highest BCUT2D eigenvalue weighted by atomic mass is 19.4. The molecule has 0 bridgehead atoms. The summed E-state index contributed by atoms with van der Waals surface area (Å²) in [5.74, 6) is 0. The zero-order valence-corrected chi connectivity index (χ0v) is 8.93. The molecular weight excluding hydrogens is 229 g/mol. The maximum Gasteiger partial charge on any atom is 0.431 e. The number of benzene rings is 1. The van der Waals surface area contributed by atoms with Gasteiger partial charge in [-0.1, -0.05) is 18.2 Å². The molecule has 90 valence electrons. The fourth-order valence-corrected chi connectivity index (χ4v) is 2.26. The molecule has 3 N–H and O–H groups in total. The monoisotopic (exact) mass is 240 g/mol. The second-order valence-electron chi connectivity index (χ2n) is 4.57. The first-order valence-corrected chi connectivity index (χ1v) is 5.39. The summed E-state index contributed by atoms with van der Waals surface area (Å²) in [7, 11) is 0. The first-order valence-electron chi connectivity index (χ1n) is 5.39. The van der Waals surface area contributed by atoms with Gasteiger partial charge in [-0.05, 0) is 18.9 Å². The Bertz CT molecular complexity index is 579. The number of nitrogens with one attached hydrogen (secondary N) is 1. The number of aromatic amines is 1. The van der Waals surface area contributed by atoms with Crippen LogP contribution in [0, 0.1) is 0 Å². The lowest BCUT2D eigenvalue weighted by atomic mass is 10.0. The topological polar surface area (TPSA) is 41.8 Å². The SMILES string of the molecule is NC1(c2c(C(F)(F)F)[nH]c3ccccc23)CC1. The van der Waals surface area contributed by atoms with Crippen LogP contribution in [-0.4, -0.2) is 4.98 Å². The lowest BCUT2D eigenvalue weighted by molar-refractivity contribution is -0.141. The molecule has 1 fully saturated rings. The molecule has 2 aromatic rings. The highest BCUT2D eigenvalue weighted by Gasteiger charge is 2.48. The molecule has 5 heteroatoms. The number of fused-ring (bicyclic) bond motifs is 1. The molecule has 1 aliphatic rings. The van der Waals surface area contributed by atoms with Gasteiger partial charge in [-0.3, -0.25) is 0 Å². The number of hydrogen-bond acceptors (Lipinski definition) is 1. The molecule has 0 spiro atoms. The number of alkyl halides is 3. The third-order valence-electron chi connectivity index (χ3n) is 3.28. The lowest BCUT2D eigenvalue weighted by Gasteiger charge is -2.13. The van der Waals surface area contributed by atoms with Crippen LogP contribution in [0.1, 0.15) is 24.1 Å². The molecule has 0 radical (unpaired) electrons. The predicted octanol–water partition coefficient (Wildman–Crippen LogP) is 3.13. The maximum atomic E-state index is 13.0. The van der Waals surface area contributed by atoms with Crippen LogP contribution in [-0.2, 0) is 11.7 Å². The predicted molar refractivity (Wildman–Crippen MR) is 58.4 cm³/mol. The fraction of sp³-hybridized carbons (Fsp3) is 0.333. The van der Waals surface area contributed by atoms with Gasteiger partial charge in [0, 0.05) is 22.0 Å². The van der Waals surface area contributed by atoms with Gasteiger partial charge in [-0.15, -0.1) is 0 Å². The molecule has 1 heterocycles. The van der Waals surface area contributed by atoms with Crippen LogP contribution in [0.4, 0.5) is 13.2 Å². The number of hydrogen-bond donors (Lipinski definition) is 2. The van der Waals surface area contributed by atoms with E-state index >= 15 is 0 Å². The Kier molecular flexibility index (Phi) is 1.91. The zero-order chi connectivity index (χ0) is 12.3. The van der Waals surface area contributed by atoms with Gasteiger partial charge in [-0.25, -0.2) is 0 Å². The van der Waals surface area contributed by atoms with E-state index in [1.807, 2.05) is 0 Å². The molecule has 3 rings (SSSR count). The Morgan fingerprint density at radius 2 is 1.82 bits per heavy atom. The number of para-hydroxylation sites is 1. The summed E-state index contributed by atoms with van der Waals surface area (Å²) >= 11 is 0. The van der Waals surface area contributed by atoms with Crippen molar-refractivity contribution in [1.29, 1.82) is 0 Å². The third-order valence-corrected chi connectivity index (χ3v) is 3.28. The van der Waals surface area contributed by atoms with Crippen LogP contribution in [0.2, 0.25) is 0 Å². The summed E-state index contributed by atoms with van der Waals surface area (Å²) in [6.45, 7) is 0. The summed E-state index contributed by atoms with van der Waals surface area (Å²) in [5, 5.41) is 0.583. The highest BCUT2D eigenvalue weighted by Crippen LogP contribution is 2.50. The van der Waals surface area contributed by atoms with Gasteiger partial charge in [0.2, 0.25) is 0 Å². The van der Waals surface area contributed by atoms with E-state index in [-0.39, 0.29) is 5.56 Å². The normalized spacial score (nSPS) is 18.6. The van der Waals surface area contributed by atoms with Crippen LogP contribution in [0.15, 0.2) is 24.3 Å². The molecule has 0 aliphatic heterocycles. The van der Waals surface area contributed by atoms with E-state index in [9.17, 15) is 13.2 Å². The van der Waals surface area contributed by atoms with Crippen LogP contribution < -0.4 is 5.73 Å². The number of halogens is 3. The van der Waals surface area contributed by atoms with Crippen molar-refractivity contribution in [2.75, 3.05) is 0 Å². The van der Waals surface area contributed by atoms with Crippen LogP contribution in [0.3, 0.4) is 0 Å². The minimum absolute atomic E-state index is 0.223. The molecule has 1 saturated carbocycles. The number of aromatic nitrogens is 1. The molecule has 17 heavy (non-hydrogen) atoms. The van der Waals surface area contributed by atoms with E-state index < -0.39 is 17.4 Å². The van der Waals surface area contributed by atoms with Crippen molar-refractivity contribution in [3.05, 3.63) is 35.5 Å². The molecule has 0 atom stereocenters. The van der Waals surface area contributed by atoms with Crippen molar-refractivity contribution in [3.8, 4) is 0 Å². The summed E-state index contributed by atoms with van der Waals surface area (Å²) < 4.78 is 38.9. The summed E-state index contributed by atoms with van der Waals surface area (Å²) in [4.78, 5) is 2.45. The smallest absolute Gasteiger partial charge is 0.351 e. The summed E-state index contributed by atoms with van der Waals surface area (Å²) in [6.07, 6.45) is -3.17. The largest absolute Gasteiger partial charge is 0.431 e. The zero-order valence-electron chi connectivity index (χ0n) is 8.93. The van der Waals surface area contributed by atoms with Gasteiger partial charge in [-0.2, -0.15) is 13.2 Å². The highest BCUT2D eigenvalue weighted by molar-refractivity contribution is 5.86. The third kappa shape index (κ3) is 1.53. The molecular formula is C12H11F3N2. The average molecular weight is 240 g/mol. The fourth-order valence-electron chi connectivity index (χ4n) is 2.26. The Labute approximate surface area is 95.6 Å². The maximum absolute atomic E-state index is 13.0. The van der Waals surface area contributed by atoms with Gasteiger partial charge in [0.25, 0.3) is 0 Å². The van der Waals surface area contributed by atoms with Gasteiger partial charge in [0.1, 0.15) is 5.69 Å².